The molecule has 5 heteroatoms. The molecule has 0 radical (unpaired) electrons. The molecule has 0 saturated heterocycles. The van der Waals surface area contributed by atoms with Crippen LogP contribution in [0.2, 0.25) is 0 Å². The molecular formula is C15H11BrN2OS. The number of thiophene rings is 1. The highest BCUT2D eigenvalue weighted by Crippen LogP contribution is 2.23. The van der Waals surface area contributed by atoms with Crippen molar-refractivity contribution in [3.63, 3.8) is 0 Å². The average Bonchev–Trinajstić information content (AvgIpc) is 2.85. The lowest BCUT2D eigenvalue weighted by Crippen LogP contribution is -2.07. The van der Waals surface area contributed by atoms with Gasteiger partial charge in [0, 0.05) is 16.6 Å². The van der Waals surface area contributed by atoms with Gasteiger partial charge in [0.05, 0.1) is 16.3 Å². The van der Waals surface area contributed by atoms with Crippen LogP contribution in [-0.2, 0) is 11.2 Å². The topological polar surface area (TPSA) is 52.9 Å². The molecule has 0 spiro atoms. The van der Waals surface area contributed by atoms with Crippen LogP contribution >= 0.6 is 27.3 Å². The Hall–Kier alpha value is -1.90. The third-order valence-corrected chi connectivity index (χ3v) is 4.09. The molecule has 2 rings (SSSR count). The summed E-state index contributed by atoms with van der Waals surface area (Å²) < 4.78 is 1.03. The van der Waals surface area contributed by atoms with E-state index in [1.807, 2.05) is 24.3 Å². The lowest BCUT2D eigenvalue weighted by atomic mass is 10.1. The van der Waals surface area contributed by atoms with E-state index in [1.54, 1.807) is 29.5 Å². The van der Waals surface area contributed by atoms with Crippen molar-refractivity contribution in [2.24, 2.45) is 0 Å². The highest BCUT2D eigenvalue weighted by atomic mass is 79.9. The van der Waals surface area contributed by atoms with Gasteiger partial charge in [-0.25, -0.2) is 0 Å². The molecule has 0 aliphatic carbocycles. The molecule has 0 aliphatic rings. The summed E-state index contributed by atoms with van der Waals surface area (Å²) in [6, 6.07) is 13.2. The first-order valence-electron chi connectivity index (χ1n) is 5.87. The third kappa shape index (κ3) is 4.34. The molecule has 1 heterocycles. The highest BCUT2D eigenvalue weighted by molar-refractivity contribution is 9.11. The van der Waals surface area contributed by atoms with E-state index in [4.69, 9.17) is 5.26 Å². The van der Waals surface area contributed by atoms with Crippen molar-refractivity contribution in [3.8, 4) is 6.07 Å². The Morgan fingerprint density at radius 1 is 1.30 bits per heavy atom. The minimum Gasteiger partial charge on any atom is -0.323 e. The molecule has 3 nitrogen and oxygen atoms in total. The number of nitrogens with one attached hydrogen (secondary N) is 1. The second kappa shape index (κ2) is 7.04. The van der Waals surface area contributed by atoms with E-state index < -0.39 is 0 Å². The molecule has 0 saturated carbocycles. The first-order valence-corrected chi connectivity index (χ1v) is 7.48. The molecule has 0 aliphatic heterocycles. The summed E-state index contributed by atoms with van der Waals surface area (Å²) in [5.41, 5.74) is 1.65. The second-order valence-electron chi connectivity index (χ2n) is 4.00. The van der Waals surface area contributed by atoms with Crippen molar-refractivity contribution in [2.75, 3.05) is 5.32 Å². The first-order chi connectivity index (χ1) is 9.67. The predicted octanol–water partition coefficient (Wildman–Crippen LogP) is 4.23. The SMILES string of the molecule is N#CCc1ccc(NC(=O)/C=C/c2ccc(Br)s2)cc1. The van der Waals surface area contributed by atoms with Gasteiger partial charge in [0.25, 0.3) is 0 Å². The number of benzene rings is 1. The van der Waals surface area contributed by atoms with Crippen molar-refractivity contribution >= 4 is 44.9 Å². The van der Waals surface area contributed by atoms with E-state index >= 15 is 0 Å². The largest absolute Gasteiger partial charge is 0.323 e. The van der Waals surface area contributed by atoms with E-state index in [-0.39, 0.29) is 5.91 Å². The molecule has 1 aromatic carbocycles. The molecule has 2 aromatic rings. The number of nitrogens with zero attached hydrogens (tertiary/aromatic N) is 1. The van der Waals surface area contributed by atoms with Crippen LogP contribution in [0.1, 0.15) is 10.4 Å². The number of anilines is 1. The van der Waals surface area contributed by atoms with E-state index in [2.05, 4.69) is 27.3 Å². The summed E-state index contributed by atoms with van der Waals surface area (Å²) >= 11 is 4.94. The van der Waals surface area contributed by atoms with Crippen molar-refractivity contribution < 1.29 is 4.79 Å². The van der Waals surface area contributed by atoms with Crippen LogP contribution in [-0.4, -0.2) is 5.91 Å². The fourth-order valence-corrected chi connectivity index (χ4v) is 2.88. The Kier molecular flexibility index (Phi) is 5.10. The maximum absolute atomic E-state index is 11.7. The Bertz CT molecular complexity index is 668. The molecule has 0 unspecified atom stereocenters. The van der Waals surface area contributed by atoms with Gasteiger partial charge in [0.1, 0.15) is 0 Å². The average molecular weight is 347 g/mol. The van der Waals surface area contributed by atoms with Crippen LogP contribution in [0, 0.1) is 11.3 Å². The smallest absolute Gasteiger partial charge is 0.248 e. The number of hydrogen-bond donors (Lipinski definition) is 1. The fourth-order valence-electron chi connectivity index (χ4n) is 1.56. The zero-order valence-corrected chi connectivity index (χ0v) is 12.9. The summed E-state index contributed by atoms with van der Waals surface area (Å²) in [6.45, 7) is 0. The Labute approximate surface area is 129 Å². The van der Waals surface area contributed by atoms with Crippen LogP contribution in [0.3, 0.4) is 0 Å². The number of rotatable bonds is 4. The van der Waals surface area contributed by atoms with Crippen LogP contribution in [0.5, 0.6) is 0 Å². The maximum Gasteiger partial charge on any atom is 0.248 e. The van der Waals surface area contributed by atoms with Gasteiger partial charge < -0.3 is 5.32 Å². The monoisotopic (exact) mass is 346 g/mol. The number of carbonyl (C=O) groups excluding carboxylic acids is 1. The van der Waals surface area contributed by atoms with E-state index in [9.17, 15) is 4.79 Å². The van der Waals surface area contributed by atoms with Gasteiger partial charge in [-0.15, -0.1) is 11.3 Å². The number of nitriles is 1. The fraction of sp³-hybridized carbons (Fsp3) is 0.0667. The van der Waals surface area contributed by atoms with Crippen molar-refractivity contribution in [2.45, 2.75) is 6.42 Å². The van der Waals surface area contributed by atoms with Gasteiger partial charge in [-0.1, -0.05) is 12.1 Å². The molecule has 1 N–H and O–H groups in total. The van der Waals surface area contributed by atoms with Crippen LogP contribution in [0.15, 0.2) is 46.3 Å². The van der Waals surface area contributed by atoms with Crippen molar-refractivity contribution in [1.82, 2.24) is 0 Å². The number of carbonyl (C=O) groups is 1. The maximum atomic E-state index is 11.7. The van der Waals surface area contributed by atoms with E-state index in [0.29, 0.717) is 12.1 Å². The van der Waals surface area contributed by atoms with Gasteiger partial charge in [-0.05, 0) is 51.8 Å². The predicted molar refractivity (Wildman–Crippen MR) is 85.4 cm³/mol. The summed E-state index contributed by atoms with van der Waals surface area (Å²) in [5, 5.41) is 11.4. The van der Waals surface area contributed by atoms with Gasteiger partial charge in [-0.3, -0.25) is 4.79 Å². The molecule has 0 bridgehead atoms. The summed E-state index contributed by atoms with van der Waals surface area (Å²) in [4.78, 5) is 12.8. The molecular weight excluding hydrogens is 336 g/mol. The molecule has 1 amide bonds. The first kappa shape index (κ1) is 14.5. The number of amides is 1. The summed E-state index contributed by atoms with van der Waals surface area (Å²) in [7, 11) is 0. The van der Waals surface area contributed by atoms with Crippen LogP contribution in [0.4, 0.5) is 5.69 Å². The third-order valence-electron chi connectivity index (χ3n) is 2.50. The quantitative estimate of drug-likeness (QED) is 0.842. The molecule has 0 atom stereocenters. The van der Waals surface area contributed by atoms with Crippen molar-refractivity contribution in [3.05, 3.63) is 56.7 Å². The van der Waals surface area contributed by atoms with Gasteiger partial charge in [0.15, 0.2) is 0 Å². The van der Waals surface area contributed by atoms with Gasteiger partial charge in [0.2, 0.25) is 5.91 Å². The molecule has 100 valence electrons. The molecule has 0 fully saturated rings. The Morgan fingerprint density at radius 2 is 2.05 bits per heavy atom. The minimum atomic E-state index is -0.178. The molecule has 20 heavy (non-hydrogen) atoms. The van der Waals surface area contributed by atoms with Gasteiger partial charge in [-0.2, -0.15) is 5.26 Å². The molecule has 1 aromatic heterocycles. The normalized spacial score (nSPS) is 10.4. The number of halogens is 1. The lowest BCUT2D eigenvalue weighted by molar-refractivity contribution is -0.111. The minimum absolute atomic E-state index is 0.178. The van der Waals surface area contributed by atoms with E-state index in [0.717, 1.165) is 14.2 Å². The Morgan fingerprint density at radius 3 is 2.65 bits per heavy atom. The zero-order valence-electron chi connectivity index (χ0n) is 10.5. The summed E-state index contributed by atoms with van der Waals surface area (Å²) in [6.07, 6.45) is 3.65. The zero-order chi connectivity index (χ0) is 14.4. The standard InChI is InChI=1S/C15H11BrN2OS/c16-14-7-5-13(20-14)6-8-15(19)18-12-3-1-11(2-4-12)9-10-17/h1-8H,9H2,(H,18,19)/b8-6+. The number of hydrogen-bond acceptors (Lipinski definition) is 3. The van der Waals surface area contributed by atoms with Crippen molar-refractivity contribution in [1.29, 1.82) is 5.26 Å². The Balaban J connectivity index is 1.94. The van der Waals surface area contributed by atoms with Crippen LogP contribution < -0.4 is 5.32 Å². The van der Waals surface area contributed by atoms with Gasteiger partial charge >= 0.3 is 0 Å². The second-order valence-corrected chi connectivity index (χ2v) is 6.49. The lowest BCUT2D eigenvalue weighted by Gasteiger charge is -2.02. The summed E-state index contributed by atoms with van der Waals surface area (Å²) in [5.74, 6) is -0.178. The highest BCUT2D eigenvalue weighted by Gasteiger charge is 1.99. The van der Waals surface area contributed by atoms with E-state index in [1.165, 1.54) is 6.08 Å². The van der Waals surface area contributed by atoms with Crippen LogP contribution in [0.25, 0.3) is 6.08 Å².